The van der Waals surface area contributed by atoms with E-state index in [4.69, 9.17) is 67.5 Å². The van der Waals surface area contributed by atoms with Gasteiger partial charge in [0.1, 0.15) is 77.3 Å². The molecule has 6 heterocycles. The number of nitrogens with zero attached hydrogens (tertiary/aromatic N) is 2. The van der Waals surface area contributed by atoms with E-state index in [-0.39, 0.29) is 85.0 Å². The van der Waals surface area contributed by atoms with Crippen molar-refractivity contribution >= 4 is 82.3 Å². The van der Waals surface area contributed by atoms with Gasteiger partial charge in [0.25, 0.3) is 5.22 Å². The van der Waals surface area contributed by atoms with Crippen LogP contribution in [0.4, 0.5) is 0 Å². The number of aliphatic hydroxyl groups is 5. The summed E-state index contributed by atoms with van der Waals surface area (Å²) in [7, 11) is 1.50. The number of halogens is 2. The Hall–Kier alpha value is -10.5. The number of amides is 7. The minimum atomic E-state index is -2.18. The van der Waals surface area contributed by atoms with E-state index in [0.29, 0.717) is 12.1 Å². The maximum atomic E-state index is 15.6. The number of benzene rings is 6. The average molecular weight is 1770 g/mol. The van der Waals surface area contributed by atoms with Crippen LogP contribution in [0.25, 0.3) is 22.6 Å². The van der Waals surface area contributed by atoms with E-state index in [1.807, 2.05) is 13.8 Å². The predicted octanol–water partition coefficient (Wildman–Crippen LogP) is 7.15. The van der Waals surface area contributed by atoms with Crippen LogP contribution in [0.15, 0.2) is 119 Å². The third-order valence-electron chi connectivity index (χ3n) is 21.9. The second-order valence-electron chi connectivity index (χ2n) is 31.6. The van der Waals surface area contributed by atoms with Gasteiger partial charge in [0.2, 0.25) is 59.3 Å². The van der Waals surface area contributed by atoms with Crippen molar-refractivity contribution < 1.29 is 117 Å². The summed E-state index contributed by atoms with van der Waals surface area (Å²) in [5.41, 5.74) is 8.55. The Morgan fingerprint density at radius 2 is 1.45 bits per heavy atom. The number of aromatic nitrogens is 2. The Kier molecular flexibility index (Phi) is 31.4. The highest BCUT2D eigenvalue weighted by atomic mass is 35.5. The third kappa shape index (κ3) is 22.6. The first-order chi connectivity index (χ1) is 58.5. The van der Waals surface area contributed by atoms with Crippen molar-refractivity contribution in [3.05, 3.63) is 147 Å². The van der Waals surface area contributed by atoms with Gasteiger partial charge in [0.15, 0.2) is 29.9 Å². The lowest BCUT2D eigenvalue weighted by Gasteiger charge is -2.48. The van der Waals surface area contributed by atoms with E-state index in [0.717, 1.165) is 93.1 Å². The quantitative estimate of drug-likeness (QED) is 0.0143. The Morgan fingerprint density at radius 1 is 0.732 bits per heavy atom. The fourth-order valence-corrected chi connectivity index (χ4v) is 16.4. The number of aliphatic carboxylic acids is 1. The number of likely N-dealkylation sites (N-methyl/N-ethyl adjacent to an activating group) is 1. The van der Waals surface area contributed by atoms with E-state index in [1.54, 1.807) is 44.2 Å². The molecule has 0 radical (unpaired) electrons. The van der Waals surface area contributed by atoms with Gasteiger partial charge in [-0.2, -0.15) is 0 Å². The highest BCUT2D eigenvalue weighted by Gasteiger charge is 2.52. The number of carbonyl (C=O) groups is 8. The molecule has 10 unspecified atom stereocenters. The molecule has 6 aromatic carbocycles. The van der Waals surface area contributed by atoms with Gasteiger partial charge in [0, 0.05) is 46.0 Å². The molecule has 5 aliphatic heterocycles. The highest BCUT2D eigenvalue weighted by Crippen LogP contribution is 2.50. The molecule has 35 nitrogen and oxygen atoms in total. The highest BCUT2D eigenvalue weighted by molar-refractivity contribution is 7.99. The van der Waals surface area contributed by atoms with E-state index in [1.165, 1.54) is 62.9 Å². The van der Waals surface area contributed by atoms with Crippen molar-refractivity contribution in [3.8, 4) is 68.6 Å². The number of hydrogen-bond donors (Lipinski definition) is 18. The molecule has 0 aliphatic carbocycles. The first kappa shape index (κ1) is 93.3. The molecule has 662 valence electrons. The molecule has 123 heavy (non-hydrogen) atoms. The van der Waals surface area contributed by atoms with Crippen molar-refractivity contribution in [2.45, 2.75) is 227 Å². The molecular formula is C85H103Cl2N11O24S. The Balaban J connectivity index is 1.06. The smallest absolute Gasteiger partial charge is 0.330 e. The van der Waals surface area contributed by atoms with Crippen LogP contribution in [0.1, 0.15) is 170 Å². The van der Waals surface area contributed by atoms with Gasteiger partial charge in [-0.05, 0) is 142 Å². The lowest BCUT2D eigenvalue weighted by atomic mass is 9.85. The van der Waals surface area contributed by atoms with E-state index >= 15 is 9.59 Å². The number of carbonyl (C=O) groups excluding carboxylic acids is 7. The molecule has 2 fully saturated rings. The molecule has 8 bridgehead atoms. The van der Waals surface area contributed by atoms with Crippen LogP contribution in [-0.4, -0.2) is 202 Å². The molecular weight excluding hydrogens is 1660 g/mol. The van der Waals surface area contributed by atoms with Crippen molar-refractivity contribution in [2.24, 2.45) is 17.4 Å². The monoisotopic (exact) mass is 1760 g/mol. The number of carboxylic acid groups (broad SMARTS) is 1. The van der Waals surface area contributed by atoms with Crippen LogP contribution < -0.4 is 62.9 Å². The van der Waals surface area contributed by atoms with Crippen LogP contribution in [-0.2, 0) is 52.6 Å². The summed E-state index contributed by atoms with van der Waals surface area (Å²) >= 11 is 15.4. The largest absolute Gasteiger partial charge is 0.508 e. The van der Waals surface area contributed by atoms with Crippen LogP contribution in [0, 0.1) is 5.92 Å². The number of phenols is 3. The number of primary amides is 2. The van der Waals surface area contributed by atoms with Crippen molar-refractivity contribution in [1.29, 1.82) is 0 Å². The van der Waals surface area contributed by atoms with Gasteiger partial charge in [-0.1, -0.05) is 137 Å². The second kappa shape index (κ2) is 41.4. The molecule has 5 aliphatic rings. The van der Waals surface area contributed by atoms with Gasteiger partial charge in [-0.25, -0.2) is 4.79 Å². The first-order valence-electron chi connectivity index (χ1n) is 40.4. The normalized spacial score (nSPS) is 24.3. The van der Waals surface area contributed by atoms with Crippen LogP contribution in [0.3, 0.4) is 0 Å². The average Bonchev–Trinajstić information content (AvgIpc) is 1.31. The number of fused-ring (bicyclic) bond motifs is 8. The molecule has 0 saturated carbocycles. The number of carboxylic acids is 1. The number of unbranched alkanes of at least 4 members (excludes halogenated alkanes) is 7. The lowest BCUT2D eigenvalue weighted by Crippen LogP contribution is -2.65. The molecule has 18 atom stereocenters. The second-order valence-corrected chi connectivity index (χ2v) is 33.4. The summed E-state index contributed by atoms with van der Waals surface area (Å²) in [5, 5.41) is 133. The molecule has 0 spiro atoms. The molecule has 7 aromatic rings. The van der Waals surface area contributed by atoms with E-state index in [9.17, 15) is 74.7 Å². The van der Waals surface area contributed by atoms with Crippen molar-refractivity contribution in [2.75, 3.05) is 19.3 Å². The third-order valence-corrected chi connectivity index (χ3v) is 23.4. The van der Waals surface area contributed by atoms with Crippen LogP contribution >= 0.6 is 35.0 Å². The molecule has 2 saturated heterocycles. The Bertz CT molecular complexity index is 4980. The molecule has 7 amide bonds. The lowest BCUT2D eigenvalue weighted by molar-refractivity contribution is -0.330. The SMILES string of the molecule is CCCCCCCCCCNC1(C)CC(OC2C(Oc3c4cc(cc3Oc3ccc([C@@H](O)[C@@H](NC(=O)[C@@H](CC(C)C)NC)C(=O)N[C@@H](CC(N)=O)C(N)=O)cc3Cl)[C@@H](C)C(=O)N[C@H]3C(=O)NC(C(=O)N[C@@H](C(=O)O)c5cc(O)cc(O)c5-c5cc3ccc5O)[C@H](O)c3ccc(c(Cl)c3)O4)OC(CSc3nnc(-c4ccccc4)o3)C(O)C2O)OC(C)C1O. The van der Waals surface area contributed by atoms with Crippen LogP contribution in [0.2, 0.25) is 10.0 Å². The fraction of sp³-hybridized carbons (Fsp3) is 0.459. The number of nitrogens with one attached hydrogen (secondary N) is 7. The van der Waals surface area contributed by atoms with Crippen molar-refractivity contribution in [1.82, 2.24) is 47.4 Å². The Morgan fingerprint density at radius 3 is 2.12 bits per heavy atom. The maximum Gasteiger partial charge on any atom is 0.330 e. The fourth-order valence-electron chi connectivity index (χ4n) is 15.1. The minimum absolute atomic E-state index is 0.0193. The van der Waals surface area contributed by atoms with Gasteiger partial charge < -0.3 is 127 Å². The zero-order valence-electron chi connectivity index (χ0n) is 68.3. The van der Waals surface area contributed by atoms with E-state index in [2.05, 4.69) is 54.3 Å². The number of hydrogen-bond acceptors (Lipinski definition) is 28. The molecule has 12 rings (SSSR count). The topological polar surface area (TPSA) is 549 Å². The number of rotatable bonds is 33. The predicted molar refractivity (Wildman–Crippen MR) is 446 cm³/mol. The molecule has 20 N–H and O–H groups in total. The zero-order valence-corrected chi connectivity index (χ0v) is 70.7. The molecule has 1 aromatic heterocycles. The number of thioether (sulfide) groups is 1. The number of phenolic OH excluding ortho intramolecular Hbond substituents is 3. The first-order valence-corrected chi connectivity index (χ1v) is 42.1. The molecule has 38 heteroatoms. The standard InChI is InChI=1S/C85H103Cl2N11O24S/c1-8-9-10-11-12-13-14-18-27-91-85(6)37-62(116-41(5)74(85)107)120-73-71(106)70(105)60(38-123-84-98-97-81(122-84)42-19-16-15-17-20-42)119-83(73)121-72-58(117-56-25-22-44(30-50(56)86)68(103)66(95-77(110)53(90-7)28-39(2)3)79(112)92-52(75(89)108)36-61(88)102)32-46-33-59(72)118-57-26-23-45(31-51(57)87)69(104)67-80(113)94-65(82(114)115)49-34-47(99)35-55(101)63(49)48-29-43(21-24-54(48)100)64(78(111)96-67)93-76(109)40(46)4/h15-17,19-26,29-35,39-41,52-53,60,62,64-71,73-74,83,90-91,99-101,103-107H,8-14,18,27-28,36-38H2,1-7H3,(H2,88,102)(H2,89,108)(H,92,112)(H,93,109)(H,94,113)(H,95,110)(H,96,111)(H,114,115)/t40-,41?,52+,53-,60?,62?,64-,65-,66-,67?,68-,69-,70?,71?,73?,74?,83?,85?/m1/s1. The number of aromatic hydroxyl groups is 3. The summed E-state index contributed by atoms with van der Waals surface area (Å²) in [5.74, 6) is -15.3. The summed E-state index contributed by atoms with van der Waals surface area (Å²) in [6.45, 7) is 11.2. The zero-order chi connectivity index (χ0) is 89.0. The summed E-state index contributed by atoms with van der Waals surface area (Å²) in [6, 6.07) is 12.9. The van der Waals surface area contributed by atoms with Crippen LogP contribution in [0.5, 0.6) is 46.0 Å². The Labute approximate surface area is 721 Å². The van der Waals surface area contributed by atoms with Gasteiger partial charge in [-0.3, -0.25) is 33.6 Å². The summed E-state index contributed by atoms with van der Waals surface area (Å²) < 4.78 is 46.7. The van der Waals surface area contributed by atoms with Gasteiger partial charge in [-0.15, -0.1) is 10.2 Å². The summed E-state index contributed by atoms with van der Waals surface area (Å²) in [6.07, 6.45) is -8.74. The van der Waals surface area contributed by atoms with Gasteiger partial charge >= 0.3 is 5.97 Å². The number of ether oxygens (including phenoxy) is 6. The maximum absolute atomic E-state index is 15.6. The number of nitrogens with two attached hydrogens (primary N) is 2. The summed E-state index contributed by atoms with van der Waals surface area (Å²) in [4.78, 5) is 112. The minimum Gasteiger partial charge on any atom is -0.508 e. The van der Waals surface area contributed by atoms with Gasteiger partial charge in [0.05, 0.1) is 46.7 Å². The van der Waals surface area contributed by atoms with Crippen molar-refractivity contribution in [3.63, 3.8) is 0 Å². The van der Waals surface area contributed by atoms with E-state index < -0.39 is 208 Å². The number of aliphatic hydroxyl groups excluding tert-OH is 5.